The quantitative estimate of drug-likeness (QED) is 0.527. The standard InChI is InChI=1S/C20H13ClN2O/c1-24-20-17(11-22)18(12-6-8-14(21)9-7-12)16-10-13-4-2-3-5-15(13)19(16)23-20/h2-9H,10H2,1H3. The van der Waals surface area contributed by atoms with Gasteiger partial charge in [0.05, 0.1) is 12.8 Å². The predicted octanol–water partition coefficient (Wildman–Crippen LogP) is 4.85. The molecule has 24 heavy (non-hydrogen) atoms. The fraction of sp³-hybridized carbons (Fsp3) is 0.100. The Morgan fingerprint density at radius 2 is 1.88 bits per heavy atom. The Morgan fingerprint density at radius 3 is 2.58 bits per heavy atom. The molecule has 1 aromatic heterocycles. The normalized spacial score (nSPS) is 11.5. The van der Waals surface area contributed by atoms with E-state index < -0.39 is 0 Å². The number of hydrogen-bond acceptors (Lipinski definition) is 3. The Hall–Kier alpha value is -2.83. The third-order valence-electron chi connectivity index (χ3n) is 4.34. The van der Waals surface area contributed by atoms with Crippen molar-refractivity contribution in [1.82, 2.24) is 4.98 Å². The fourth-order valence-corrected chi connectivity index (χ4v) is 3.40. The van der Waals surface area contributed by atoms with Gasteiger partial charge in [-0.3, -0.25) is 0 Å². The summed E-state index contributed by atoms with van der Waals surface area (Å²) in [4.78, 5) is 4.62. The zero-order valence-corrected chi connectivity index (χ0v) is 13.8. The molecule has 3 nitrogen and oxygen atoms in total. The van der Waals surface area contributed by atoms with Crippen LogP contribution < -0.4 is 4.74 Å². The fourth-order valence-electron chi connectivity index (χ4n) is 3.28. The van der Waals surface area contributed by atoms with E-state index in [1.54, 1.807) is 7.11 Å². The third-order valence-corrected chi connectivity index (χ3v) is 4.59. The molecule has 0 unspecified atom stereocenters. The van der Waals surface area contributed by atoms with Crippen LogP contribution in [0, 0.1) is 11.3 Å². The molecular formula is C20H13ClN2O. The number of hydrogen-bond donors (Lipinski definition) is 0. The number of pyridine rings is 1. The number of fused-ring (bicyclic) bond motifs is 3. The molecule has 0 saturated carbocycles. The summed E-state index contributed by atoms with van der Waals surface area (Å²) >= 11 is 6.02. The van der Waals surface area contributed by atoms with Gasteiger partial charge in [0.25, 0.3) is 0 Å². The highest BCUT2D eigenvalue weighted by Crippen LogP contribution is 2.44. The van der Waals surface area contributed by atoms with Crippen LogP contribution in [0.25, 0.3) is 22.4 Å². The van der Waals surface area contributed by atoms with E-state index >= 15 is 0 Å². The minimum absolute atomic E-state index is 0.359. The molecule has 0 bridgehead atoms. The molecule has 4 heteroatoms. The van der Waals surface area contributed by atoms with E-state index in [1.165, 1.54) is 5.56 Å². The highest BCUT2D eigenvalue weighted by molar-refractivity contribution is 6.30. The van der Waals surface area contributed by atoms with Crippen LogP contribution in [0.15, 0.2) is 48.5 Å². The van der Waals surface area contributed by atoms with Gasteiger partial charge in [0, 0.05) is 22.6 Å². The zero-order valence-electron chi connectivity index (χ0n) is 13.0. The van der Waals surface area contributed by atoms with Gasteiger partial charge in [-0.1, -0.05) is 48.0 Å². The Bertz CT molecular complexity index is 988. The maximum atomic E-state index is 9.70. The number of benzene rings is 2. The Kier molecular flexibility index (Phi) is 3.48. The molecule has 116 valence electrons. The van der Waals surface area contributed by atoms with Crippen LogP contribution in [0.2, 0.25) is 5.02 Å². The van der Waals surface area contributed by atoms with Crippen molar-refractivity contribution in [3.63, 3.8) is 0 Å². The largest absolute Gasteiger partial charge is 0.480 e. The highest BCUT2D eigenvalue weighted by Gasteiger charge is 2.28. The Labute approximate surface area is 145 Å². The number of nitrogens with zero attached hydrogens (tertiary/aromatic N) is 2. The molecule has 0 radical (unpaired) electrons. The van der Waals surface area contributed by atoms with Gasteiger partial charge >= 0.3 is 0 Å². The van der Waals surface area contributed by atoms with Gasteiger partial charge in [-0.05, 0) is 28.8 Å². The molecule has 1 heterocycles. The van der Waals surface area contributed by atoms with Crippen molar-refractivity contribution in [2.24, 2.45) is 0 Å². The number of halogens is 1. The second-order valence-electron chi connectivity index (χ2n) is 5.65. The lowest BCUT2D eigenvalue weighted by Crippen LogP contribution is -2.00. The lowest BCUT2D eigenvalue weighted by molar-refractivity contribution is 0.397. The molecule has 2 aromatic carbocycles. The molecule has 0 spiro atoms. The van der Waals surface area contributed by atoms with E-state index in [4.69, 9.17) is 16.3 Å². The van der Waals surface area contributed by atoms with Crippen molar-refractivity contribution in [2.45, 2.75) is 6.42 Å². The molecular weight excluding hydrogens is 320 g/mol. The van der Waals surface area contributed by atoms with E-state index in [2.05, 4.69) is 23.2 Å². The summed E-state index contributed by atoms with van der Waals surface area (Å²) in [6.07, 6.45) is 0.759. The van der Waals surface area contributed by atoms with Crippen molar-refractivity contribution in [3.05, 3.63) is 70.2 Å². The van der Waals surface area contributed by atoms with Gasteiger partial charge in [0.1, 0.15) is 11.6 Å². The third kappa shape index (κ3) is 2.16. The summed E-state index contributed by atoms with van der Waals surface area (Å²) in [6, 6.07) is 18.0. The van der Waals surface area contributed by atoms with Crippen molar-refractivity contribution < 1.29 is 4.74 Å². The van der Waals surface area contributed by atoms with Gasteiger partial charge in [0.15, 0.2) is 0 Å². The van der Waals surface area contributed by atoms with Crippen LogP contribution in [0.1, 0.15) is 16.7 Å². The second-order valence-corrected chi connectivity index (χ2v) is 6.09. The van der Waals surface area contributed by atoms with E-state index in [1.807, 2.05) is 36.4 Å². The van der Waals surface area contributed by atoms with Gasteiger partial charge < -0.3 is 4.74 Å². The summed E-state index contributed by atoms with van der Waals surface area (Å²) in [5.74, 6) is 0.359. The van der Waals surface area contributed by atoms with E-state index in [9.17, 15) is 5.26 Å². The minimum atomic E-state index is 0.359. The van der Waals surface area contributed by atoms with Gasteiger partial charge in [-0.25, -0.2) is 4.98 Å². The highest BCUT2D eigenvalue weighted by atomic mass is 35.5. The van der Waals surface area contributed by atoms with Gasteiger partial charge in [-0.15, -0.1) is 0 Å². The van der Waals surface area contributed by atoms with E-state index in [0.29, 0.717) is 16.5 Å². The van der Waals surface area contributed by atoms with Crippen LogP contribution in [-0.4, -0.2) is 12.1 Å². The van der Waals surface area contributed by atoms with Crippen molar-refractivity contribution in [1.29, 1.82) is 5.26 Å². The number of aromatic nitrogens is 1. The summed E-state index contributed by atoms with van der Waals surface area (Å²) < 4.78 is 5.40. The molecule has 0 amide bonds. The lowest BCUT2D eigenvalue weighted by Gasteiger charge is -2.14. The monoisotopic (exact) mass is 332 g/mol. The Balaban J connectivity index is 2.06. The van der Waals surface area contributed by atoms with Crippen molar-refractivity contribution in [3.8, 4) is 34.3 Å². The van der Waals surface area contributed by atoms with Crippen molar-refractivity contribution >= 4 is 11.6 Å². The topological polar surface area (TPSA) is 45.9 Å². The second kappa shape index (κ2) is 5.67. The summed E-state index contributed by atoms with van der Waals surface area (Å²) in [5, 5.41) is 10.4. The average Bonchev–Trinajstić information content (AvgIpc) is 2.99. The maximum Gasteiger partial charge on any atom is 0.232 e. The van der Waals surface area contributed by atoms with Crippen LogP contribution in [-0.2, 0) is 6.42 Å². The van der Waals surface area contributed by atoms with Crippen LogP contribution in [0.4, 0.5) is 0 Å². The predicted molar refractivity (Wildman–Crippen MR) is 94.2 cm³/mol. The zero-order chi connectivity index (χ0) is 16.7. The number of nitriles is 1. The first kappa shape index (κ1) is 14.7. The summed E-state index contributed by atoms with van der Waals surface area (Å²) in [6.45, 7) is 0. The molecule has 0 atom stereocenters. The van der Waals surface area contributed by atoms with Crippen LogP contribution in [0.3, 0.4) is 0 Å². The van der Waals surface area contributed by atoms with Crippen LogP contribution in [0.5, 0.6) is 5.88 Å². The minimum Gasteiger partial charge on any atom is -0.480 e. The number of rotatable bonds is 2. The van der Waals surface area contributed by atoms with Crippen LogP contribution >= 0.6 is 11.6 Å². The average molecular weight is 333 g/mol. The van der Waals surface area contributed by atoms with Gasteiger partial charge in [-0.2, -0.15) is 5.26 Å². The van der Waals surface area contributed by atoms with E-state index in [0.717, 1.165) is 34.4 Å². The molecule has 4 rings (SSSR count). The number of ether oxygens (including phenoxy) is 1. The number of methoxy groups -OCH3 is 1. The first-order valence-corrected chi connectivity index (χ1v) is 7.96. The molecule has 1 aliphatic rings. The molecule has 0 aliphatic heterocycles. The summed E-state index contributed by atoms with van der Waals surface area (Å²) in [7, 11) is 1.54. The Morgan fingerprint density at radius 1 is 1.12 bits per heavy atom. The molecule has 0 fully saturated rings. The summed E-state index contributed by atoms with van der Waals surface area (Å²) in [5.41, 5.74) is 6.57. The van der Waals surface area contributed by atoms with Gasteiger partial charge in [0.2, 0.25) is 5.88 Å². The smallest absolute Gasteiger partial charge is 0.232 e. The first-order chi connectivity index (χ1) is 11.7. The maximum absolute atomic E-state index is 9.70. The first-order valence-electron chi connectivity index (χ1n) is 7.58. The van der Waals surface area contributed by atoms with E-state index in [-0.39, 0.29) is 0 Å². The molecule has 1 aliphatic carbocycles. The lowest BCUT2D eigenvalue weighted by atomic mass is 9.94. The van der Waals surface area contributed by atoms with Crippen molar-refractivity contribution in [2.75, 3.05) is 7.11 Å². The molecule has 0 N–H and O–H groups in total. The molecule has 3 aromatic rings. The SMILES string of the molecule is COc1nc2c(c(-c3ccc(Cl)cc3)c1C#N)Cc1ccccc1-2. The molecule has 0 saturated heterocycles.